The van der Waals surface area contributed by atoms with Crippen molar-refractivity contribution < 1.29 is 12.0 Å². The molecule has 0 radical (unpaired) electrons. The molecule has 184 valence electrons. The third kappa shape index (κ3) is 5.41. The molecule has 0 atom stereocenters. The SMILES string of the molecule is C.CCC(=O)Cc1ccc(Sc2nc(Nc3cc(C)[nH]n3)cc(N3CC(F)(C4CC4)C3)n2)cc1.[HH].[HH]. The second-order valence-corrected chi connectivity index (χ2v) is 9.98. The van der Waals surface area contributed by atoms with Crippen LogP contribution in [0, 0.1) is 12.8 Å². The van der Waals surface area contributed by atoms with Gasteiger partial charge in [-0.15, -0.1) is 0 Å². The van der Waals surface area contributed by atoms with Gasteiger partial charge in [-0.1, -0.05) is 26.5 Å². The molecule has 0 unspecified atom stereocenters. The minimum absolute atomic E-state index is 0. The van der Waals surface area contributed by atoms with Crippen molar-refractivity contribution in [2.45, 2.75) is 62.7 Å². The number of hydrogen-bond acceptors (Lipinski definition) is 7. The lowest BCUT2D eigenvalue weighted by molar-refractivity contribution is -0.118. The monoisotopic (exact) mass is 486 g/mol. The molecule has 2 aromatic heterocycles. The van der Waals surface area contributed by atoms with Crippen molar-refractivity contribution in [2.24, 2.45) is 5.92 Å². The summed E-state index contributed by atoms with van der Waals surface area (Å²) in [6, 6.07) is 11.6. The Morgan fingerprint density at radius 3 is 2.59 bits per heavy atom. The molecule has 0 spiro atoms. The number of rotatable bonds is 9. The molecule has 3 heterocycles. The largest absolute Gasteiger partial charge is 0.350 e. The number of Topliss-reactive ketones (excluding diaryl/α,β-unsaturated/α-hetero) is 1. The zero-order valence-corrected chi connectivity index (χ0v) is 19.6. The molecule has 0 bridgehead atoms. The van der Waals surface area contributed by atoms with Crippen LogP contribution in [-0.2, 0) is 11.2 Å². The van der Waals surface area contributed by atoms with Crippen LogP contribution in [0.25, 0.3) is 0 Å². The smallest absolute Gasteiger partial charge is 0.196 e. The van der Waals surface area contributed by atoms with Crippen LogP contribution < -0.4 is 10.2 Å². The number of anilines is 3. The molecule has 0 amide bonds. The van der Waals surface area contributed by atoms with Gasteiger partial charge in [0.25, 0.3) is 0 Å². The van der Waals surface area contributed by atoms with E-state index in [-0.39, 0.29) is 22.0 Å². The molecule has 9 heteroatoms. The second-order valence-electron chi connectivity index (χ2n) is 8.94. The first-order valence-electron chi connectivity index (χ1n) is 11.3. The zero-order chi connectivity index (χ0) is 23.0. The van der Waals surface area contributed by atoms with E-state index < -0.39 is 5.67 Å². The zero-order valence-electron chi connectivity index (χ0n) is 18.8. The van der Waals surface area contributed by atoms with Crippen molar-refractivity contribution in [3.05, 3.63) is 47.7 Å². The number of ketones is 1. The van der Waals surface area contributed by atoms with Crippen LogP contribution in [0.2, 0.25) is 0 Å². The molecule has 2 N–H and O–H groups in total. The molecule has 34 heavy (non-hydrogen) atoms. The molecule has 1 saturated heterocycles. The maximum Gasteiger partial charge on any atom is 0.196 e. The first-order chi connectivity index (χ1) is 15.9. The molecular formula is C25H35FN6OS. The van der Waals surface area contributed by atoms with Crippen molar-refractivity contribution >= 4 is 35.0 Å². The number of hydrogen-bond donors (Lipinski definition) is 2. The number of aryl methyl sites for hydroxylation is 1. The fourth-order valence-electron chi connectivity index (χ4n) is 4.04. The second kappa shape index (κ2) is 9.74. The number of nitrogens with one attached hydrogen (secondary N) is 2. The number of aromatic nitrogens is 4. The van der Waals surface area contributed by atoms with Gasteiger partial charge in [-0.05, 0) is 55.1 Å². The van der Waals surface area contributed by atoms with Crippen LogP contribution in [0.4, 0.5) is 21.8 Å². The summed E-state index contributed by atoms with van der Waals surface area (Å²) in [6.45, 7) is 4.56. The van der Waals surface area contributed by atoms with Crippen molar-refractivity contribution in [1.29, 1.82) is 0 Å². The van der Waals surface area contributed by atoms with E-state index in [2.05, 4.69) is 20.5 Å². The number of halogens is 1. The van der Waals surface area contributed by atoms with E-state index in [1.54, 1.807) is 0 Å². The van der Waals surface area contributed by atoms with E-state index in [0.717, 1.165) is 29.0 Å². The standard InChI is InChI=1S/C24H27FN6OS.CH4.2H2/c1-3-18(32)11-16-4-8-19(9-5-16)33-23-27-20(26-21-10-15(2)29-30-21)12-22(28-23)31-13-24(25,14-31)17-6-7-17;;;/h4-5,8-10,12,17H,3,6-7,11,13-14H2,1-2H3,(H2,26,27,28,29,30);1H4;2*1H. The van der Waals surface area contributed by atoms with Gasteiger partial charge in [-0.25, -0.2) is 14.4 Å². The number of carbonyl (C=O) groups is 1. The Kier molecular flexibility index (Phi) is 6.93. The summed E-state index contributed by atoms with van der Waals surface area (Å²) in [7, 11) is 0. The van der Waals surface area contributed by atoms with E-state index in [9.17, 15) is 9.18 Å². The van der Waals surface area contributed by atoms with Gasteiger partial charge in [0.1, 0.15) is 23.1 Å². The Labute approximate surface area is 206 Å². The van der Waals surface area contributed by atoms with Crippen LogP contribution in [0.15, 0.2) is 46.5 Å². The molecule has 1 saturated carbocycles. The molecule has 3 aromatic rings. The summed E-state index contributed by atoms with van der Waals surface area (Å²) in [5.41, 5.74) is 0.853. The van der Waals surface area contributed by atoms with Crippen LogP contribution in [-0.4, -0.2) is 44.7 Å². The summed E-state index contributed by atoms with van der Waals surface area (Å²) >= 11 is 1.44. The molecule has 7 nitrogen and oxygen atoms in total. The van der Waals surface area contributed by atoms with E-state index in [0.29, 0.717) is 48.5 Å². The number of nitrogens with zero attached hydrogens (tertiary/aromatic N) is 4. The average molecular weight is 487 g/mol. The highest BCUT2D eigenvalue weighted by molar-refractivity contribution is 7.99. The van der Waals surface area contributed by atoms with E-state index in [1.807, 2.05) is 55.1 Å². The first-order valence-corrected chi connectivity index (χ1v) is 12.1. The Bertz CT molecular complexity index is 1170. The topological polar surface area (TPSA) is 86.8 Å². The molecule has 5 rings (SSSR count). The fourth-order valence-corrected chi connectivity index (χ4v) is 4.81. The lowest BCUT2D eigenvalue weighted by atomic mass is 9.91. The molecule has 2 fully saturated rings. The van der Waals surface area contributed by atoms with Crippen LogP contribution in [0.1, 0.15) is 47.7 Å². The van der Waals surface area contributed by atoms with Gasteiger partial charge in [0.15, 0.2) is 11.0 Å². The number of benzene rings is 1. The van der Waals surface area contributed by atoms with Gasteiger partial charge >= 0.3 is 0 Å². The van der Waals surface area contributed by atoms with Gasteiger partial charge in [-0.3, -0.25) is 9.89 Å². The van der Waals surface area contributed by atoms with Crippen molar-refractivity contribution in [3.63, 3.8) is 0 Å². The van der Waals surface area contributed by atoms with Gasteiger partial charge in [0.05, 0.1) is 13.1 Å². The highest BCUT2D eigenvalue weighted by Crippen LogP contribution is 2.48. The van der Waals surface area contributed by atoms with E-state index >= 15 is 0 Å². The van der Waals surface area contributed by atoms with E-state index in [1.165, 1.54) is 11.8 Å². The third-order valence-corrected chi connectivity index (χ3v) is 7.00. The van der Waals surface area contributed by atoms with Crippen LogP contribution in [0.3, 0.4) is 0 Å². The molecule has 1 aliphatic heterocycles. The molecular weight excluding hydrogens is 451 g/mol. The molecule has 1 aliphatic carbocycles. The summed E-state index contributed by atoms with van der Waals surface area (Å²) < 4.78 is 14.9. The number of alkyl halides is 1. The van der Waals surface area contributed by atoms with Crippen molar-refractivity contribution in [1.82, 2.24) is 20.2 Å². The molecule has 1 aromatic carbocycles. The maximum atomic E-state index is 14.9. The number of carbonyl (C=O) groups excluding carboxylic acids is 1. The third-order valence-electron chi connectivity index (χ3n) is 6.12. The predicted octanol–water partition coefficient (Wildman–Crippen LogP) is 5.99. The van der Waals surface area contributed by atoms with Gasteiger partial charge in [-0.2, -0.15) is 5.10 Å². The van der Waals surface area contributed by atoms with Crippen LogP contribution >= 0.6 is 11.8 Å². The fraction of sp³-hybridized carbons (Fsp3) is 0.440. The first kappa shape index (κ1) is 24.2. The quantitative estimate of drug-likeness (QED) is 0.359. The maximum absolute atomic E-state index is 14.9. The normalized spacial score (nSPS) is 16.5. The van der Waals surface area contributed by atoms with Gasteiger partial charge in [0.2, 0.25) is 0 Å². The Hall–Kier alpha value is -2.94. The Morgan fingerprint density at radius 1 is 1.24 bits per heavy atom. The minimum atomic E-state index is -1.09. The van der Waals surface area contributed by atoms with Crippen LogP contribution in [0.5, 0.6) is 0 Å². The highest BCUT2D eigenvalue weighted by Gasteiger charge is 2.54. The lowest BCUT2D eigenvalue weighted by Crippen LogP contribution is -2.60. The van der Waals surface area contributed by atoms with E-state index in [4.69, 9.17) is 4.98 Å². The Morgan fingerprint density at radius 2 is 1.97 bits per heavy atom. The number of H-pyrrole nitrogens is 1. The Balaban J connectivity index is 0.00000152. The average Bonchev–Trinajstić information content (AvgIpc) is 3.55. The highest BCUT2D eigenvalue weighted by atomic mass is 32.2. The van der Waals surface area contributed by atoms with Gasteiger partial charge < -0.3 is 10.2 Å². The minimum Gasteiger partial charge on any atom is -0.350 e. The predicted molar refractivity (Wildman–Crippen MR) is 138 cm³/mol. The number of aromatic amines is 1. The lowest BCUT2D eigenvalue weighted by Gasteiger charge is -2.45. The summed E-state index contributed by atoms with van der Waals surface area (Å²) in [5, 5.41) is 10.9. The van der Waals surface area contributed by atoms with Crippen molar-refractivity contribution in [3.8, 4) is 0 Å². The van der Waals surface area contributed by atoms with Gasteiger partial charge in [0, 0.05) is 38.4 Å². The van der Waals surface area contributed by atoms with Crippen molar-refractivity contribution in [2.75, 3.05) is 23.3 Å². The molecule has 2 aliphatic rings. The summed E-state index contributed by atoms with van der Waals surface area (Å²) in [6.07, 6.45) is 2.96. The summed E-state index contributed by atoms with van der Waals surface area (Å²) in [5.74, 6) is 2.41. The summed E-state index contributed by atoms with van der Waals surface area (Å²) in [4.78, 5) is 24.0.